The molecule has 1 rings (SSSR count). The van der Waals surface area contributed by atoms with Gasteiger partial charge in [-0.3, -0.25) is 0 Å². The number of hydrogen-bond donors (Lipinski definition) is 0. The summed E-state index contributed by atoms with van der Waals surface area (Å²) < 4.78 is 23.3. The van der Waals surface area contributed by atoms with Crippen molar-refractivity contribution in [1.82, 2.24) is 0 Å². The lowest BCUT2D eigenvalue weighted by atomic mass is 9.98. The maximum Gasteiger partial charge on any atom is 0.178 e. The molecule has 0 aliphatic rings. The number of benzene rings is 1. The minimum atomic E-state index is -3.22. The summed E-state index contributed by atoms with van der Waals surface area (Å²) in [5, 5.41) is 8.99. The zero-order chi connectivity index (χ0) is 12.3. The minimum absolute atomic E-state index is 0.0545. The van der Waals surface area contributed by atoms with Crippen LogP contribution in [0.5, 0.6) is 0 Å². The van der Waals surface area contributed by atoms with Gasteiger partial charge in [0.1, 0.15) is 0 Å². The van der Waals surface area contributed by atoms with Crippen molar-refractivity contribution >= 4 is 9.84 Å². The summed E-state index contributed by atoms with van der Waals surface area (Å²) in [5.74, 6) is 0.270. The fourth-order valence-corrected chi connectivity index (χ4v) is 2.40. The van der Waals surface area contributed by atoms with Crippen molar-refractivity contribution in [2.24, 2.45) is 0 Å². The molecule has 86 valence electrons. The molecule has 16 heavy (non-hydrogen) atoms. The van der Waals surface area contributed by atoms with E-state index >= 15 is 0 Å². The van der Waals surface area contributed by atoms with Crippen molar-refractivity contribution in [3.63, 3.8) is 0 Å². The molecule has 0 N–H and O–H groups in total. The highest BCUT2D eigenvalue weighted by Crippen LogP contribution is 2.22. The molecule has 1 aromatic rings. The van der Waals surface area contributed by atoms with Crippen LogP contribution >= 0.6 is 0 Å². The number of rotatable bonds is 3. The molecule has 0 radical (unpaired) electrons. The van der Waals surface area contributed by atoms with Gasteiger partial charge in [0, 0.05) is 0 Å². The van der Waals surface area contributed by atoms with Gasteiger partial charge < -0.3 is 0 Å². The van der Waals surface area contributed by atoms with Crippen molar-refractivity contribution in [1.29, 1.82) is 5.26 Å². The highest BCUT2D eigenvalue weighted by Gasteiger charge is 2.15. The number of nitrogens with zero attached hydrogens (tertiary/aromatic N) is 1. The maximum absolute atomic E-state index is 11.6. The molecule has 0 atom stereocenters. The van der Waals surface area contributed by atoms with Gasteiger partial charge in [-0.1, -0.05) is 26.8 Å². The summed E-state index contributed by atoms with van der Waals surface area (Å²) in [6.45, 7) is 5.55. The van der Waals surface area contributed by atoms with E-state index < -0.39 is 9.84 Å². The normalized spacial score (nSPS) is 11.4. The lowest BCUT2D eigenvalue weighted by Crippen LogP contribution is -2.05. The molecule has 0 fully saturated rings. The molecule has 0 heterocycles. The minimum Gasteiger partial charge on any atom is -0.224 e. The number of sulfone groups is 1. The zero-order valence-electron chi connectivity index (χ0n) is 9.69. The molecule has 0 spiro atoms. The maximum atomic E-state index is 11.6. The van der Waals surface area contributed by atoms with Gasteiger partial charge in [-0.15, -0.1) is 0 Å². The van der Waals surface area contributed by atoms with Gasteiger partial charge in [-0.2, -0.15) is 5.26 Å². The van der Waals surface area contributed by atoms with Crippen LogP contribution in [0.1, 0.15) is 37.8 Å². The second-order valence-corrected chi connectivity index (χ2v) is 6.20. The van der Waals surface area contributed by atoms with E-state index in [1.807, 2.05) is 19.9 Å². The van der Waals surface area contributed by atoms with E-state index in [4.69, 9.17) is 5.26 Å². The highest BCUT2D eigenvalue weighted by molar-refractivity contribution is 7.91. The van der Waals surface area contributed by atoms with Crippen molar-refractivity contribution < 1.29 is 8.42 Å². The quantitative estimate of drug-likeness (QED) is 0.811. The van der Waals surface area contributed by atoms with Crippen molar-refractivity contribution in [3.05, 3.63) is 29.3 Å². The van der Waals surface area contributed by atoms with Crippen LogP contribution in [0, 0.1) is 11.3 Å². The average molecular weight is 237 g/mol. The second kappa shape index (κ2) is 4.67. The van der Waals surface area contributed by atoms with E-state index in [0.717, 1.165) is 5.56 Å². The first kappa shape index (κ1) is 12.7. The van der Waals surface area contributed by atoms with E-state index in [-0.39, 0.29) is 16.6 Å². The Morgan fingerprint density at radius 3 is 2.44 bits per heavy atom. The van der Waals surface area contributed by atoms with E-state index in [9.17, 15) is 8.42 Å². The Bertz CT molecular complexity index is 524. The molecule has 0 aliphatic carbocycles. The van der Waals surface area contributed by atoms with Crippen molar-refractivity contribution in [2.75, 3.05) is 5.75 Å². The number of hydrogen-bond acceptors (Lipinski definition) is 3. The molecule has 0 saturated heterocycles. The number of nitriles is 1. The van der Waals surface area contributed by atoms with Crippen LogP contribution in [-0.4, -0.2) is 14.2 Å². The van der Waals surface area contributed by atoms with Crippen molar-refractivity contribution in [3.8, 4) is 6.07 Å². The lowest BCUT2D eigenvalue weighted by Gasteiger charge is -2.09. The van der Waals surface area contributed by atoms with Gasteiger partial charge in [-0.25, -0.2) is 8.42 Å². The van der Waals surface area contributed by atoms with Crippen LogP contribution in [0.4, 0.5) is 0 Å². The molecule has 4 heteroatoms. The third-order valence-electron chi connectivity index (χ3n) is 2.51. The summed E-state index contributed by atoms with van der Waals surface area (Å²) in [6, 6.07) is 6.82. The van der Waals surface area contributed by atoms with E-state index in [2.05, 4.69) is 0 Å². The van der Waals surface area contributed by atoms with Crippen LogP contribution in [0.2, 0.25) is 0 Å². The van der Waals surface area contributed by atoms with E-state index in [0.29, 0.717) is 5.56 Å². The van der Waals surface area contributed by atoms with Gasteiger partial charge in [0.2, 0.25) is 0 Å². The summed E-state index contributed by atoms with van der Waals surface area (Å²) in [4.78, 5) is 0.232. The van der Waals surface area contributed by atoms with Crippen LogP contribution in [-0.2, 0) is 9.84 Å². The summed E-state index contributed by atoms with van der Waals surface area (Å²) in [6.07, 6.45) is 0. The van der Waals surface area contributed by atoms with Gasteiger partial charge in [0.15, 0.2) is 9.84 Å². The first-order chi connectivity index (χ1) is 7.42. The van der Waals surface area contributed by atoms with Gasteiger partial charge >= 0.3 is 0 Å². The summed E-state index contributed by atoms with van der Waals surface area (Å²) in [7, 11) is -3.22. The average Bonchev–Trinajstić information content (AvgIpc) is 2.27. The molecule has 0 aliphatic heterocycles. The Balaban J connectivity index is 3.37. The lowest BCUT2D eigenvalue weighted by molar-refractivity contribution is 0.597. The van der Waals surface area contributed by atoms with Gasteiger partial charge in [0.25, 0.3) is 0 Å². The van der Waals surface area contributed by atoms with Crippen molar-refractivity contribution in [2.45, 2.75) is 31.6 Å². The Morgan fingerprint density at radius 2 is 2.00 bits per heavy atom. The predicted molar refractivity (Wildman–Crippen MR) is 63.0 cm³/mol. The summed E-state index contributed by atoms with van der Waals surface area (Å²) >= 11 is 0. The van der Waals surface area contributed by atoms with Gasteiger partial charge in [-0.05, 0) is 23.6 Å². The SMILES string of the molecule is CCS(=O)(=O)c1ccc(C(C)C)c(C#N)c1. The van der Waals surface area contributed by atoms with Crippen LogP contribution in [0.3, 0.4) is 0 Å². The standard InChI is InChI=1S/C12H15NO2S/c1-4-16(14,15)11-5-6-12(9(2)3)10(7-11)8-13/h5-7,9H,4H2,1-3H3. The zero-order valence-corrected chi connectivity index (χ0v) is 10.5. The molecule has 3 nitrogen and oxygen atoms in total. The molecule has 1 aromatic carbocycles. The molecule has 0 bridgehead atoms. The third-order valence-corrected chi connectivity index (χ3v) is 4.24. The van der Waals surface area contributed by atoms with Crippen LogP contribution in [0.15, 0.2) is 23.1 Å². The highest BCUT2D eigenvalue weighted by atomic mass is 32.2. The van der Waals surface area contributed by atoms with E-state index in [1.54, 1.807) is 19.1 Å². The van der Waals surface area contributed by atoms with Crippen LogP contribution in [0.25, 0.3) is 0 Å². The molecular weight excluding hydrogens is 222 g/mol. The smallest absolute Gasteiger partial charge is 0.178 e. The largest absolute Gasteiger partial charge is 0.224 e. The Labute approximate surface area is 96.6 Å². The van der Waals surface area contributed by atoms with Gasteiger partial charge in [0.05, 0.1) is 22.3 Å². The first-order valence-electron chi connectivity index (χ1n) is 5.19. The molecule has 0 aromatic heterocycles. The Kier molecular flexibility index (Phi) is 3.71. The fraction of sp³-hybridized carbons (Fsp3) is 0.417. The molecular formula is C12H15NO2S. The molecule has 0 saturated carbocycles. The summed E-state index contributed by atoms with van der Waals surface area (Å²) in [5.41, 5.74) is 1.34. The van der Waals surface area contributed by atoms with Crippen LogP contribution < -0.4 is 0 Å². The monoisotopic (exact) mass is 237 g/mol. The second-order valence-electron chi connectivity index (χ2n) is 3.92. The third kappa shape index (κ3) is 2.42. The Hall–Kier alpha value is -1.34. The molecule has 0 unspecified atom stereocenters. The first-order valence-corrected chi connectivity index (χ1v) is 6.84. The fourth-order valence-electron chi connectivity index (χ4n) is 1.50. The topological polar surface area (TPSA) is 57.9 Å². The Morgan fingerprint density at radius 1 is 1.38 bits per heavy atom. The van der Waals surface area contributed by atoms with E-state index in [1.165, 1.54) is 6.07 Å². The molecule has 0 amide bonds. The predicted octanol–water partition coefficient (Wildman–Crippen LogP) is 2.48.